The normalized spacial score (nSPS) is 14.1. The third-order valence-electron chi connectivity index (χ3n) is 0.814. The van der Waals surface area contributed by atoms with Gasteiger partial charge in [-0.1, -0.05) is 0 Å². The quantitative estimate of drug-likeness (QED) is 0.385. The first-order valence-electron chi connectivity index (χ1n) is 2.54. The summed E-state index contributed by atoms with van der Waals surface area (Å²) in [6.07, 6.45) is 0. The number of hydrogen-bond acceptors (Lipinski definition) is 4. The fourth-order valence-electron chi connectivity index (χ4n) is 0.381. The summed E-state index contributed by atoms with van der Waals surface area (Å²) in [5.41, 5.74) is 0. The third-order valence-corrected chi connectivity index (χ3v) is 2.08. The molecule has 0 saturated carbocycles. The van der Waals surface area contributed by atoms with Crippen molar-refractivity contribution in [2.24, 2.45) is 0 Å². The number of methoxy groups -OCH3 is 1. The molecule has 11 heavy (non-hydrogen) atoms. The monoisotopic (exact) mass is 202 g/mol. The topological polar surface area (TPSA) is 80.7 Å². The second-order valence-electron chi connectivity index (χ2n) is 1.74. The predicted octanol–water partition coefficient (Wildman–Crippen LogP) is -0.345. The molecule has 0 amide bonds. The van der Waals surface area contributed by atoms with E-state index in [1.807, 2.05) is 0 Å². The minimum atomic E-state index is -4.21. The van der Waals surface area contributed by atoms with Crippen LogP contribution in [0.2, 0.25) is 0 Å². The summed E-state index contributed by atoms with van der Waals surface area (Å²) in [7, 11) is -3.14. The average Bonchev–Trinajstić information content (AvgIpc) is 1.82. The molecule has 0 aliphatic heterocycles. The highest BCUT2D eigenvalue weighted by Gasteiger charge is 2.22. The minimum Gasteiger partial charge on any atom is -0.468 e. The van der Waals surface area contributed by atoms with Crippen molar-refractivity contribution in [1.82, 2.24) is 0 Å². The molecule has 7 heteroatoms. The van der Waals surface area contributed by atoms with Gasteiger partial charge >= 0.3 is 5.97 Å². The zero-order valence-electron chi connectivity index (χ0n) is 5.65. The molecular formula is C4H7ClO5S. The lowest BCUT2D eigenvalue weighted by molar-refractivity contribution is -0.139. The van der Waals surface area contributed by atoms with Gasteiger partial charge in [0.25, 0.3) is 10.1 Å². The molecule has 0 heterocycles. The Morgan fingerprint density at radius 2 is 2.18 bits per heavy atom. The van der Waals surface area contributed by atoms with E-state index < -0.39 is 27.2 Å². The Morgan fingerprint density at radius 3 is 2.45 bits per heavy atom. The van der Waals surface area contributed by atoms with Gasteiger partial charge in [0.05, 0.1) is 7.11 Å². The van der Waals surface area contributed by atoms with Gasteiger partial charge in [-0.15, -0.1) is 11.6 Å². The van der Waals surface area contributed by atoms with E-state index in [9.17, 15) is 13.2 Å². The maximum atomic E-state index is 10.5. The van der Waals surface area contributed by atoms with Gasteiger partial charge in [0.15, 0.2) is 0 Å². The van der Waals surface area contributed by atoms with E-state index >= 15 is 0 Å². The Bertz CT molecular complexity index is 233. The van der Waals surface area contributed by atoms with Gasteiger partial charge in [-0.2, -0.15) is 8.42 Å². The van der Waals surface area contributed by atoms with Gasteiger partial charge in [-0.05, 0) is 0 Å². The SMILES string of the molecule is COC(=O)[C@H](Cl)CS(=O)(=O)O. The first-order chi connectivity index (χ1) is 4.87. The van der Waals surface area contributed by atoms with Crippen molar-refractivity contribution in [1.29, 1.82) is 0 Å². The highest BCUT2D eigenvalue weighted by molar-refractivity contribution is 7.85. The molecule has 0 saturated heterocycles. The molecule has 1 N–H and O–H groups in total. The van der Waals surface area contributed by atoms with Crippen LogP contribution in [0.15, 0.2) is 0 Å². The van der Waals surface area contributed by atoms with E-state index in [4.69, 9.17) is 16.2 Å². The van der Waals surface area contributed by atoms with Crippen LogP contribution >= 0.6 is 11.6 Å². The Kier molecular flexibility index (Phi) is 3.77. The van der Waals surface area contributed by atoms with Crippen LogP contribution in [0.3, 0.4) is 0 Å². The predicted molar refractivity (Wildman–Crippen MR) is 38.1 cm³/mol. The zero-order chi connectivity index (χ0) is 9.07. The third kappa shape index (κ3) is 5.00. The van der Waals surface area contributed by atoms with Crippen LogP contribution < -0.4 is 0 Å². The highest BCUT2D eigenvalue weighted by atomic mass is 35.5. The second kappa shape index (κ2) is 3.89. The van der Waals surface area contributed by atoms with E-state index in [0.29, 0.717) is 0 Å². The Labute approximate surface area is 69.0 Å². The van der Waals surface area contributed by atoms with Crippen molar-refractivity contribution in [3.8, 4) is 0 Å². The standard InChI is InChI=1S/C4H7ClO5S/c1-10-4(6)3(5)2-11(7,8)9/h3H,2H2,1H3,(H,7,8,9)/t3-/m1/s1. The van der Waals surface area contributed by atoms with Crippen molar-refractivity contribution in [2.75, 3.05) is 12.9 Å². The number of hydrogen-bond donors (Lipinski definition) is 1. The molecule has 0 aliphatic rings. The van der Waals surface area contributed by atoms with Crippen molar-refractivity contribution in [3.63, 3.8) is 0 Å². The van der Waals surface area contributed by atoms with Crippen LogP contribution in [-0.4, -0.2) is 37.2 Å². The summed E-state index contributed by atoms with van der Waals surface area (Å²) >= 11 is 5.20. The number of rotatable bonds is 3. The fraction of sp³-hybridized carbons (Fsp3) is 0.750. The number of carbonyl (C=O) groups is 1. The van der Waals surface area contributed by atoms with Gasteiger partial charge in [-0.3, -0.25) is 9.35 Å². The van der Waals surface area contributed by atoms with E-state index in [0.717, 1.165) is 7.11 Å². The molecule has 0 unspecified atom stereocenters. The Morgan fingerprint density at radius 1 is 1.73 bits per heavy atom. The van der Waals surface area contributed by atoms with Crippen LogP contribution in [0.25, 0.3) is 0 Å². The molecule has 1 atom stereocenters. The van der Waals surface area contributed by atoms with Gasteiger partial charge in [-0.25, -0.2) is 0 Å². The van der Waals surface area contributed by atoms with Crippen molar-refractivity contribution >= 4 is 27.7 Å². The molecule has 66 valence electrons. The Hall–Kier alpha value is -0.330. The maximum absolute atomic E-state index is 10.5. The molecule has 0 rings (SSSR count). The van der Waals surface area contributed by atoms with E-state index in [1.54, 1.807) is 0 Å². The molecule has 0 radical (unpaired) electrons. The number of ether oxygens (including phenoxy) is 1. The molecule has 0 aliphatic carbocycles. The number of carbonyl (C=O) groups excluding carboxylic acids is 1. The Balaban J connectivity index is 4.09. The van der Waals surface area contributed by atoms with Gasteiger partial charge in [0.2, 0.25) is 0 Å². The zero-order valence-corrected chi connectivity index (χ0v) is 7.22. The summed E-state index contributed by atoms with van der Waals surface area (Å²) in [5, 5.41) is -1.35. The molecule has 0 fully saturated rings. The summed E-state index contributed by atoms with van der Waals surface area (Å²) in [5.74, 6) is -1.72. The fourth-order valence-corrected chi connectivity index (χ4v) is 1.45. The van der Waals surface area contributed by atoms with E-state index in [2.05, 4.69) is 4.74 Å². The maximum Gasteiger partial charge on any atom is 0.324 e. The molecule has 0 aromatic heterocycles. The van der Waals surface area contributed by atoms with Crippen molar-refractivity contribution in [2.45, 2.75) is 5.38 Å². The minimum absolute atomic E-state index is 0.832. The summed E-state index contributed by atoms with van der Waals surface area (Å²) in [6.45, 7) is 0. The van der Waals surface area contributed by atoms with Crippen LogP contribution in [0.5, 0.6) is 0 Å². The van der Waals surface area contributed by atoms with Crippen LogP contribution in [0, 0.1) is 0 Å². The molecule has 5 nitrogen and oxygen atoms in total. The number of alkyl halides is 1. The molecule has 0 aromatic rings. The van der Waals surface area contributed by atoms with Crippen LogP contribution in [-0.2, 0) is 19.6 Å². The lowest BCUT2D eigenvalue weighted by Crippen LogP contribution is -2.25. The molecule has 0 spiro atoms. The number of halogens is 1. The van der Waals surface area contributed by atoms with Gasteiger partial charge in [0, 0.05) is 0 Å². The van der Waals surface area contributed by atoms with E-state index in [-0.39, 0.29) is 0 Å². The average molecular weight is 203 g/mol. The molecule has 0 aromatic carbocycles. The summed E-state index contributed by atoms with van der Waals surface area (Å²) in [6, 6.07) is 0. The molecule has 0 bridgehead atoms. The summed E-state index contributed by atoms with van der Waals surface area (Å²) in [4.78, 5) is 10.5. The second-order valence-corrected chi connectivity index (χ2v) is 3.76. The largest absolute Gasteiger partial charge is 0.468 e. The van der Waals surface area contributed by atoms with Crippen molar-refractivity contribution < 1.29 is 22.5 Å². The van der Waals surface area contributed by atoms with Crippen molar-refractivity contribution in [3.05, 3.63) is 0 Å². The van der Waals surface area contributed by atoms with Crippen LogP contribution in [0.4, 0.5) is 0 Å². The van der Waals surface area contributed by atoms with Crippen LogP contribution in [0.1, 0.15) is 0 Å². The first kappa shape index (κ1) is 10.7. The number of esters is 1. The van der Waals surface area contributed by atoms with E-state index in [1.165, 1.54) is 0 Å². The first-order valence-corrected chi connectivity index (χ1v) is 4.58. The highest BCUT2D eigenvalue weighted by Crippen LogP contribution is 2.01. The lowest BCUT2D eigenvalue weighted by atomic mass is 10.5. The lowest BCUT2D eigenvalue weighted by Gasteiger charge is -2.03. The van der Waals surface area contributed by atoms with Gasteiger partial charge < -0.3 is 4.74 Å². The summed E-state index contributed by atoms with van der Waals surface area (Å²) < 4.78 is 32.6. The van der Waals surface area contributed by atoms with Gasteiger partial charge in [0.1, 0.15) is 11.1 Å². The molecular weight excluding hydrogens is 196 g/mol. The smallest absolute Gasteiger partial charge is 0.324 e.